The van der Waals surface area contributed by atoms with E-state index in [0.717, 1.165) is 55.3 Å². The molecule has 1 saturated heterocycles. The fraction of sp³-hybridized carbons (Fsp3) is 0.481. The number of benzene rings is 2. The van der Waals surface area contributed by atoms with Gasteiger partial charge in [-0.05, 0) is 49.1 Å². The molecule has 1 aliphatic carbocycles. The quantitative estimate of drug-likeness (QED) is 0.355. The van der Waals surface area contributed by atoms with Crippen molar-refractivity contribution >= 4 is 23.6 Å². The number of carbonyl (C=O) groups excluding carboxylic acids is 1. The lowest BCUT2D eigenvalue weighted by Crippen LogP contribution is -2.50. The second kappa shape index (κ2) is 10.9. The Balaban J connectivity index is 1.78. The summed E-state index contributed by atoms with van der Waals surface area (Å²) in [4.78, 5) is 27.3. The van der Waals surface area contributed by atoms with E-state index < -0.39 is 52.1 Å². The van der Waals surface area contributed by atoms with E-state index in [0.29, 0.717) is 29.9 Å². The molecule has 13 heteroatoms. The maximum absolute atomic E-state index is 14.6. The SMILES string of the molecule is O=C(O)C1CC(Sc2ccc(F)cc2)(c2ccc(C(F)(C(F)(F)F)C(F)(F)F)cc2)CN1C(=O)C1CCCCC1. The van der Waals surface area contributed by atoms with Crippen LogP contribution in [-0.2, 0) is 20.0 Å². The van der Waals surface area contributed by atoms with Gasteiger partial charge in [0.25, 0.3) is 0 Å². The summed E-state index contributed by atoms with van der Waals surface area (Å²) in [6.45, 7) is -0.222. The molecule has 0 spiro atoms. The van der Waals surface area contributed by atoms with Crippen molar-refractivity contribution < 1.29 is 49.8 Å². The summed E-state index contributed by atoms with van der Waals surface area (Å²) in [6.07, 6.45) is -9.15. The molecule has 2 unspecified atom stereocenters. The van der Waals surface area contributed by atoms with Gasteiger partial charge in [-0.25, -0.2) is 13.6 Å². The molecule has 4 rings (SSSR count). The van der Waals surface area contributed by atoms with E-state index in [-0.39, 0.29) is 24.4 Å². The number of hydrogen-bond donors (Lipinski definition) is 1. The predicted octanol–water partition coefficient (Wildman–Crippen LogP) is 7.37. The topological polar surface area (TPSA) is 57.6 Å². The number of likely N-dealkylation sites (tertiary alicyclic amines) is 1. The highest BCUT2D eigenvalue weighted by Crippen LogP contribution is 2.55. The molecular weight excluding hydrogens is 570 g/mol. The van der Waals surface area contributed by atoms with Crippen LogP contribution in [0.25, 0.3) is 0 Å². The molecule has 1 N–H and O–H groups in total. The molecule has 0 bridgehead atoms. The standard InChI is InChI=1S/C27H25F8NO3S/c28-19-10-12-20(13-11-19)40-24(14-21(23(38)39)36(15-24)22(37)16-4-2-1-3-5-16)17-6-8-18(9-7-17)25(29,26(30,31)32)27(33,34)35/h6-13,16,21H,1-5,14-15H2,(H,38,39). The lowest BCUT2D eigenvalue weighted by Gasteiger charge is -2.33. The minimum Gasteiger partial charge on any atom is -0.480 e. The number of alkyl halides is 7. The van der Waals surface area contributed by atoms with E-state index in [1.165, 1.54) is 17.0 Å². The number of halogens is 8. The average Bonchev–Trinajstić information content (AvgIpc) is 3.29. The van der Waals surface area contributed by atoms with Crippen LogP contribution in [0, 0.1) is 11.7 Å². The van der Waals surface area contributed by atoms with Crippen LogP contribution in [0.5, 0.6) is 0 Å². The number of rotatable bonds is 6. The van der Waals surface area contributed by atoms with Gasteiger partial charge in [0.2, 0.25) is 5.91 Å². The second-order valence-electron chi connectivity index (χ2n) is 10.1. The Kier molecular flexibility index (Phi) is 8.19. The van der Waals surface area contributed by atoms with Crippen molar-refractivity contribution in [2.45, 2.75) is 72.2 Å². The summed E-state index contributed by atoms with van der Waals surface area (Å²) in [5, 5.41) is 9.99. The van der Waals surface area contributed by atoms with Crippen molar-refractivity contribution in [3.05, 3.63) is 65.5 Å². The first-order chi connectivity index (χ1) is 18.6. The van der Waals surface area contributed by atoms with Gasteiger partial charge in [-0.3, -0.25) is 4.79 Å². The molecule has 2 aromatic rings. The van der Waals surface area contributed by atoms with Gasteiger partial charge in [0.05, 0.1) is 4.75 Å². The summed E-state index contributed by atoms with van der Waals surface area (Å²) in [5.41, 5.74) is -7.21. The minimum atomic E-state index is -6.29. The third kappa shape index (κ3) is 5.53. The molecule has 1 heterocycles. The van der Waals surface area contributed by atoms with Gasteiger partial charge in [0, 0.05) is 22.9 Å². The van der Waals surface area contributed by atoms with Gasteiger partial charge in [-0.15, -0.1) is 11.8 Å². The molecule has 1 aliphatic heterocycles. The van der Waals surface area contributed by atoms with E-state index in [9.17, 15) is 49.8 Å². The average molecular weight is 596 g/mol. The van der Waals surface area contributed by atoms with Gasteiger partial charge in [-0.2, -0.15) is 26.3 Å². The normalized spacial score (nSPS) is 22.9. The van der Waals surface area contributed by atoms with Crippen molar-refractivity contribution in [2.24, 2.45) is 5.92 Å². The van der Waals surface area contributed by atoms with Crippen LogP contribution in [0.1, 0.15) is 49.7 Å². The fourth-order valence-corrected chi connectivity index (χ4v) is 6.89. The van der Waals surface area contributed by atoms with Crippen molar-refractivity contribution in [1.29, 1.82) is 0 Å². The largest absolute Gasteiger partial charge is 0.480 e. The summed E-state index contributed by atoms with van der Waals surface area (Å²) in [5.74, 6) is -2.68. The van der Waals surface area contributed by atoms with Crippen LogP contribution < -0.4 is 0 Å². The molecule has 2 atom stereocenters. The highest BCUT2D eigenvalue weighted by Gasteiger charge is 2.73. The van der Waals surface area contributed by atoms with Gasteiger partial charge in [0.1, 0.15) is 11.9 Å². The van der Waals surface area contributed by atoms with Crippen LogP contribution in [0.15, 0.2) is 53.4 Å². The van der Waals surface area contributed by atoms with Crippen molar-refractivity contribution in [3.63, 3.8) is 0 Å². The monoisotopic (exact) mass is 595 g/mol. The van der Waals surface area contributed by atoms with E-state index >= 15 is 0 Å². The third-order valence-corrected chi connectivity index (χ3v) is 8.99. The zero-order valence-electron chi connectivity index (χ0n) is 20.9. The van der Waals surface area contributed by atoms with E-state index in [1.54, 1.807) is 0 Å². The highest BCUT2D eigenvalue weighted by molar-refractivity contribution is 8.00. The minimum absolute atomic E-state index is 0.0995. The number of amides is 1. The molecule has 2 aliphatic rings. The van der Waals surface area contributed by atoms with Gasteiger partial charge in [0.15, 0.2) is 0 Å². The summed E-state index contributed by atoms with van der Waals surface area (Å²) < 4.78 is 107. The maximum Gasteiger partial charge on any atom is 0.435 e. The number of carbonyl (C=O) groups is 2. The van der Waals surface area contributed by atoms with Crippen LogP contribution in [-0.4, -0.2) is 46.8 Å². The molecule has 2 fully saturated rings. The number of hydrogen-bond acceptors (Lipinski definition) is 3. The van der Waals surface area contributed by atoms with Crippen molar-refractivity contribution in [1.82, 2.24) is 4.90 Å². The Labute approximate surface area is 228 Å². The molecule has 0 radical (unpaired) electrons. The van der Waals surface area contributed by atoms with Gasteiger partial charge >= 0.3 is 24.0 Å². The Morgan fingerprint density at radius 2 is 1.40 bits per heavy atom. The Hall–Kier alpha value is -2.83. The number of thioether (sulfide) groups is 1. The Morgan fingerprint density at radius 3 is 1.90 bits per heavy atom. The van der Waals surface area contributed by atoms with Gasteiger partial charge < -0.3 is 10.0 Å². The molecular formula is C27H25F8NO3S. The molecule has 0 aromatic heterocycles. The predicted molar refractivity (Wildman–Crippen MR) is 130 cm³/mol. The fourth-order valence-electron chi connectivity index (χ4n) is 5.47. The molecule has 218 valence electrons. The van der Waals surface area contributed by atoms with Crippen LogP contribution >= 0.6 is 11.8 Å². The summed E-state index contributed by atoms with van der Waals surface area (Å²) in [6, 6.07) is 6.27. The smallest absolute Gasteiger partial charge is 0.435 e. The second-order valence-corrected chi connectivity index (χ2v) is 11.6. The first-order valence-corrected chi connectivity index (χ1v) is 13.3. The maximum atomic E-state index is 14.6. The van der Waals surface area contributed by atoms with E-state index in [1.807, 2.05) is 0 Å². The van der Waals surface area contributed by atoms with Crippen molar-refractivity contribution in [3.8, 4) is 0 Å². The number of aliphatic carboxylic acids is 1. The lowest BCUT2D eigenvalue weighted by molar-refractivity contribution is -0.348. The number of carboxylic acid groups (broad SMARTS) is 1. The summed E-state index contributed by atoms with van der Waals surface area (Å²) >= 11 is 1.01. The first-order valence-electron chi connectivity index (χ1n) is 12.5. The summed E-state index contributed by atoms with van der Waals surface area (Å²) in [7, 11) is 0. The lowest BCUT2D eigenvalue weighted by atomic mass is 9.88. The van der Waals surface area contributed by atoms with Crippen LogP contribution in [0.2, 0.25) is 0 Å². The zero-order valence-corrected chi connectivity index (χ0v) is 21.7. The Bertz CT molecular complexity index is 1210. The number of nitrogens with zero attached hydrogens (tertiary/aromatic N) is 1. The number of carboxylic acids is 1. The first kappa shape index (κ1) is 30.1. The molecule has 40 heavy (non-hydrogen) atoms. The van der Waals surface area contributed by atoms with Crippen LogP contribution in [0.4, 0.5) is 35.1 Å². The highest BCUT2D eigenvalue weighted by atomic mass is 32.2. The van der Waals surface area contributed by atoms with E-state index in [4.69, 9.17) is 0 Å². The van der Waals surface area contributed by atoms with Gasteiger partial charge in [-0.1, -0.05) is 43.5 Å². The molecule has 1 saturated carbocycles. The zero-order chi connectivity index (χ0) is 29.5. The molecule has 1 amide bonds. The Morgan fingerprint density at radius 1 is 0.850 bits per heavy atom. The molecule has 2 aromatic carbocycles. The van der Waals surface area contributed by atoms with Crippen molar-refractivity contribution in [2.75, 3.05) is 6.54 Å². The van der Waals surface area contributed by atoms with Crippen LogP contribution in [0.3, 0.4) is 0 Å². The molecule has 4 nitrogen and oxygen atoms in total. The third-order valence-electron chi connectivity index (χ3n) is 7.56. The van der Waals surface area contributed by atoms with E-state index in [2.05, 4.69) is 0 Å².